The lowest BCUT2D eigenvalue weighted by Crippen LogP contribution is -2.36. The van der Waals surface area contributed by atoms with E-state index in [0.29, 0.717) is 11.3 Å². The minimum Gasteiger partial charge on any atom is -0.357 e. The number of hydrogen-bond donors (Lipinski definition) is 0. The van der Waals surface area contributed by atoms with Gasteiger partial charge in [0, 0.05) is 24.8 Å². The topological polar surface area (TPSA) is 29.0 Å². The number of anilines is 1. The van der Waals surface area contributed by atoms with Gasteiger partial charge in [0.2, 0.25) is 5.28 Å². The highest BCUT2D eigenvalue weighted by Crippen LogP contribution is 2.29. The third kappa shape index (κ3) is 3.09. The lowest BCUT2D eigenvalue weighted by molar-refractivity contribution is 0.335. The molecule has 2 atom stereocenters. The van der Waals surface area contributed by atoms with Crippen LogP contribution in [0.5, 0.6) is 0 Å². The number of aryl methyl sites for hydroxylation is 1. The molecule has 2 rings (SSSR count). The molecule has 0 radical (unpaired) electrons. The molecule has 0 N–H and O–H groups in total. The number of halogens is 1. The van der Waals surface area contributed by atoms with Gasteiger partial charge in [-0.1, -0.05) is 19.8 Å². The minimum atomic E-state index is 0.343. The highest BCUT2D eigenvalue weighted by atomic mass is 35.5. The van der Waals surface area contributed by atoms with Crippen LogP contribution in [0.15, 0.2) is 6.07 Å². The number of rotatable bonds is 2. The second-order valence-corrected chi connectivity index (χ2v) is 5.51. The van der Waals surface area contributed by atoms with Crippen molar-refractivity contribution in [3.05, 3.63) is 17.0 Å². The van der Waals surface area contributed by atoms with Crippen LogP contribution in [0.25, 0.3) is 0 Å². The Morgan fingerprint density at radius 2 is 2.12 bits per heavy atom. The largest absolute Gasteiger partial charge is 0.357 e. The standard InChI is InChI=1S/C13H20ClN3/c1-9-5-4-6-11(7-9)17(3)12-8-10(2)15-13(14)16-12/h8-9,11H,4-7H2,1-3H3. The maximum atomic E-state index is 5.91. The first-order chi connectivity index (χ1) is 8.06. The summed E-state index contributed by atoms with van der Waals surface area (Å²) in [5.74, 6) is 1.76. The second kappa shape index (κ2) is 5.21. The van der Waals surface area contributed by atoms with E-state index in [9.17, 15) is 0 Å². The van der Waals surface area contributed by atoms with Crippen molar-refractivity contribution in [2.75, 3.05) is 11.9 Å². The molecule has 0 amide bonds. The van der Waals surface area contributed by atoms with Crippen molar-refractivity contribution in [2.45, 2.75) is 45.6 Å². The summed E-state index contributed by atoms with van der Waals surface area (Å²) in [6, 6.07) is 2.59. The maximum Gasteiger partial charge on any atom is 0.224 e. The normalized spacial score (nSPS) is 24.7. The number of hydrogen-bond acceptors (Lipinski definition) is 3. The molecule has 1 aromatic heterocycles. The summed E-state index contributed by atoms with van der Waals surface area (Å²) in [6.45, 7) is 4.28. The summed E-state index contributed by atoms with van der Waals surface area (Å²) in [7, 11) is 2.11. The Morgan fingerprint density at radius 3 is 2.76 bits per heavy atom. The summed E-state index contributed by atoms with van der Waals surface area (Å²) in [6.07, 6.45) is 5.17. The highest BCUT2D eigenvalue weighted by Gasteiger charge is 2.23. The van der Waals surface area contributed by atoms with Gasteiger partial charge in [-0.2, -0.15) is 0 Å². The van der Waals surface area contributed by atoms with Crippen molar-refractivity contribution >= 4 is 17.4 Å². The predicted octanol–water partition coefficient (Wildman–Crippen LogP) is 3.45. The SMILES string of the molecule is Cc1cc(N(C)C2CCCC(C)C2)nc(Cl)n1. The Labute approximate surface area is 108 Å². The van der Waals surface area contributed by atoms with Crippen molar-refractivity contribution in [1.29, 1.82) is 0 Å². The van der Waals surface area contributed by atoms with Crippen molar-refractivity contribution in [2.24, 2.45) is 5.92 Å². The fraction of sp³-hybridized carbons (Fsp3) is 0.692. The zero-order valence-corrected chi connectivity index (χ0v) is 11.5. The molecule has 1 aliphatic rings. The van der Waals surface area contributed by atoms with Gasteiger partial charge >= 0.3 is 0 Å². The quantitative estimate of drug-likeness (QED) is 0.756. The molecule has 4 heteroatoms. The van der Waals surface area contributed by atoms with E-state index < -0.39 is 0 Å². The molecule has 3 nitrogen and oxygen atoms in total. The molecule has 0 spiro atoms. The van der Waals surface area contributed by atoms with Crippen LogP contribution in [0.4, 0.5) is 5.82 Å². The van der Waals surface area contributed by atoms with Crippen LogP contribution >= 0.6 is 11.6 Å². The van der Waals surface area contributed by atoms with Crippen LogP contribution in [0.1, 0.15) is 38.3 Å². The van der Waals surface area contributed by atoms with E-state index in [0.717, 1.165) is 17.4 Å². The van der Waals surface area contributed by atoms with E-state index in [-0.39, 0.29) is 0 Å². The van der Waals surface area contributed by atoms with Gasteiger partial charge in [0.25, 0.3) is 0 Å². The monoisotopic (exact) mass is 253 g/mol. The molecule has 0 aliphatic heterocycles. The predicted molar refractivity (Wildman–Crippen MR) is 71.6 cm³/mol. The maximum absolute atomic E-state index is 5.91. The average Bonchev–Trinajstić information content (AvgIpc) is 2.26. The van der Waals surface area contributed by atoms with Crippen LogP contribution in [0.2, 0.25) is 5.28 Å². The third-order valence-electron chi connectivity index (χ3n) is 3.63. The molecule has 0 aromatic carbocycles. The lowest BCUT2D eigenvalue weighted by atomic mass is 9.86. The summed E-state index contributed by atoms with van der Waals surface area (Å²) >= 11 is 5.91. The molecule has 1 heterocycles. The van der Waals surface area contributed by atoms with Crippen molar-refractivity contribution < 1.29 is 0 Å². The van der Waals surface area contributed by atoms with Crippen LogP contribution in [0.3, 0.4) is 0 Å². The second-order valence-electron chi connectivity index (χ2n) is 5.17. The van der Waals surface area contributed by atoms with Gasteiger partial charge in [0.15, 0.2) is 0 Å². The minimum absolute atomic E-state index is 0.343. The molecule has 1 aromatic rings. The molecule has 2 unspecified atom stereocenters. The summed E-state index contributed by atoms with van der Waals surface area (Å²) in [4.78, 5) is 10.7. The fourth-order valence-electron chi connectivity index (χ4n) is 2.64. The van der Waals surface area contributed by atoms with Gasteiger partial charge in [0.1, 0.15) is 5.82 Å². The van der Waals surface area contributed by atoms with E-state index in [4.69, 9.17) is 11.6 Å². The van der Waals surface area contributed by atoms with Gasteiger partial charge in [0.05, 0.1) is 0 Å². The van der Waals surface area contributed by atoms with Crippen LogP contribution < -0.4 is 4.90 Å². The van der Waals surface area contributed by atoms with Crippen LogP contribution in [-0.4, -0.2) is 23.1 Å². The molecular formula is C13H20ClN3. The zero-order valence-electron chi connectivity index (χ0n) is 10.8. The first kappa shape index (κ1) is 12.6. The Hall–Kier alpha value is -0.830. The Bertz CT molecular complexity index is 374. The van der Waals surface area contributed by atoms with E-state index in [1.807, 2.05) is 13.0 Å². The fourth-order valence-corrected chi connectivity index (χ4v) is 2.86. The molecule has 1 saturated carbocycles. The molecule has 17 heavy (non-hydrogen) atoms. The van der Waals surface area contributed by atoms with Crippen molar-refractivity contribution in [3.63, 3.8) is 0 Å². The summed E-state index contributed by atoms with van der Waals surface area (Å²) in [5, 5.41) is 0.343. The van der Waals surface area contributed by atoms with E-state index in [2.05, 4.69) is 28.8 Å². The summed E-state index contributed by atoms with van der Waals surface area (Å²) < 4.78 is 0. The molecule has 0 saturated heterocycles. The van der Waals surface area contributed by atoms with Gasteiger partial charge in [-0.25, -0.2) is 9.97 Å². The Morgan fingerprint density at radius 1 is 1.35 bits per heavy atom. The third-order valence-corrected chi connectivity index (χ3v) is 3.80. The Kier molecular flexibility index (Phi) is 3.87. The van der Waals surface area contributed by atoms with Gasteiger partial charge < -0.3 is 4.90 Å². The van der Waals surface area contributed by atoms with Crippen LogP contribution in [0, 0.1) is 12.8 Å². The molecule has 94 valence electrons. The highest BCUT2D eigenvalue weighted by molar-refractivity contribution is 6.28. The molecule has 1 aliphatic carbocycles. The lowest BCUT2D eigenvalue weighted by Gasteiger charge is -2.34. The van der Waals surface area contributed by atoms with E-state index in [1.54, 1.807) is 0 Å². The van der Waals surface area contributed by atoms with Crippen LogP contribution in [-0.2, 0) is 0 Å². The first-order valence-electron chi connectivity index (χ1n) is 6.30. The van der Waals surface area contributed by atoms with Gasteiger partial charge in [-0.15, -0.1) is 0 Å². The molecular weight excluding hydrogens is 234 g/mol. The number of aromatic nitrogens is 2. The zero-order chi connectivity index (χ0) is 12.4. The van der Waals surface area contributed by atoms with Crippen molar-refractivity contribution in [3.8, 4) is 0 Å². The van der Waals surface area contributed by atoms with E-state index in [1.165, 1.54) is 25.7 Å². The van der Waals surface area contributed by atoms with E-state index >= 15 is 0 Å². The summed E-state index contributed by atoms with van der Waals surface area (Å²) in [5.41, 5.74) is 0.927. The van der Waals surface area contributed by atoms with Gasteiger partial charge in [-0.05, 0) is 37.3 Å². The smallest absolute Gasteiger partial charge is 0.224 e. The first-order valence-corrected chi connectivity index (χ1v) is 6.68. The Balaban J connectivity index is 2.15. The van der Waals surface area contributed by atoms with Gasteiger partial charge in [-0.3, -0.25) is 0 Å². The average molecular weight is 254 g/mol. The molecule has 0 bridgehead atoms. The number of nitrogens with zero attached hydrogens (tertiary/aromatic N) is 3. The van der Waals surface area contributed by atoms with Crippen molar-refractivity contribution in [1.82, 2.24) is 9.97 Å². The molecule has 1 fully saturated rings.